The Morgan fingerprint density at radius 3 is 2.42 bits per heavy atom. The standard InChI is InChI=1S/C10H20BrN5O2S/c1-10(2,7-15(3)4)6-12-19(17,18)9-8(11)13-14-16(9)5/h12H,6-7H2,1-5H3. The van der Waals surface area contributed by atoms with Crippen LogP contribution in [-0.4, -0.2) is 55.5 Å². The van der Waals surface area contributed by atoms with Crippen LogP contribution in [-0.2, 0) is 17.1 Å². The molecule has 1 aromatic heterocycles. The number of nitrogens with zero attached hydrogens (tertiary/aromatic N) is 4. The normalized spacial score (nSPS) is 13.2. The Morgan fingerprint density at radius 2 is 2.00 bits per heavy atom. The lowest BCUT2D eigenvalue weighted by molar-refractivity contribution is 0.242. The lowest BCUT2D eigenvalue weighted by Crippen LogP contribution is -2.40. The molecule has 1 aromatic rings. The van der Waals surface area contributed by atoms with Crippen molar-refractivity contribution in [3.8, 4) is 0 Å². The SMILES string of the molecule is CN(C)CC(C)(C)CNS(=O)(=O)c1c(Br)nnn1C. The maximum atomic E-state index is 12.2. The largest absolute Gasteiger partial charge is 0.309 e. The zero-order chi connectivity index (χ0) is 14.8. The average Bonchev–Trinajstić information content (AvgIpc) is 2.55. The highest BCUT2D eigenvalue weighted by Crippen LogP contribution is 2.20. The summed E-state index contributed by atoms with van der Waals surface area (Å²) in [5.74, 6) is 0. The molecule has 0 aromatic carbocycles. The van der Waals surface area contributed by atoms with E-state index in [2.05, 4.69) is 31.0 Å². The van der Waals surface area contributed by atoms with Crippen molar-refractivity contribution in [2.75, 3.05) is 27.2 Å². The molecule has 0 aliphatic carbocycles. The van der Waals surface area contributed by atoms with Crippen LogP contribution in [0, 0.1) is 5.41 Å². The van der Waals surface area contributed by atoms with Crippen LogP contribution in [0.5, 0.6) is 0 Å². The van der Waals surface area contributed by atoms with Crippen molar-refractivity contribution in [3.05, 3.63) is 4.60 Å². The van der Waals surface area contributed by atoms with Gasteiger partial charge in [-0.05, 0) is 35.4 Å². The van der Waals surface area contributed by atoms with Crippen molar-refractivity contribution in [2.45, 2.75) is 18.9 Å². The highest BCUT2D eigenvalue weighted by molar-refractivity contribution is 9.10. The minimum absolute atomic E-state index is 0.0353. The highest BCUT2D eigenvalue weighted by Gasteiger charge is 2.27. The highest BCUT2D eigenvalue weighted by atomic mass is 79.9. The van der Waals surface area contributed by atoms with Gasteiger partial charge >= 0.3 is 0 Å². The Labute approximate surface area is 122 Å². The average molecular weight is 354 g/mol. The maximum Gasteiger partial charge on any atom is 0.260 e. The Balaban J connectivity index is 2.83. The van der Waals surface area contributed by atoms with E-state index in [0.717, 1.165) is 6.54 Å². The van der Waals surface area contributed by atoms with E-state index in [-0.39, 0.29) is 15.0 Å². The summed E-state index contributed by atoms with van der Waals surface area (Å²) in [7, 11) is 1.83. The molecule has 1 heterocycles. The first-order chi connectivity index (χ1) is 8.55. The molecule has 0 unspecified atom stereocenters. The molecule has 0 aliphatic rings. The van der Waals surface area contributed by atoms with Crippen molar-refractivity contribution in [1.82, 2.24) is 24.6 Å². The summed E-state index contributed by atoms with van der Waals surface area (Å²) in [4.78, 5) is 2.02. The fraction of sp³-hybridized carbons (Fsp3) is 0.800. The summed E-state index contributed by atoms with van der Waals surface area (Å²) >= 11 is 3.09. The van der Waals surface area contributed by atoms with Crippen LogP contribution in [0.3, 0.4) is 0 Å². The second-order valence-electron chi connectivity index (χ2n) is 5.54. The minimum Gasteiger partial charge on any atom is -0.309 e. The Morgan fingerprint density at radius 1 is 1.42 bits per heavy atom. The van der Waals surface area contributed by atoms with Crippen molar-refractivity contribution in [2.24, 2.45) is 12.5 Å². The second-order valence-corrected chi connectivity index (χ2v) is 7.97. The van der Waals surface area contributed by atoms with Gasteiger partial charge in [0.25, 0.3) is 10.0 Å². The van der Waals surface area contributed by atoms with Crippen molar-refractivity contribution in [1.29, 1.82) is 0 Å². The number of hydrogen-bond donors (Lipinski definition) is 1. The predicted molar refractivity (Wildman–Crippen MR) is 76.2 cm³/mol. The van der Waals surface area contributed by atoms with Gasteiger partial charge in [0, 0.05) is 20.1 Å². The van der Waals surface area contributed by atoms with Crippen LogP contribution in [0.1, 0.15) is 13.8 Å². The first kappa shape index (κ1) is 16.5. The van der Waals surface area contributed by atoms with Crippen LogP contribution in [0.25, 0.3) is 0 Å². The van der Waals surface area contributed by atoms with E-state index in [0.29, 0.717) is 6.54 Å². The van der Waals surface area contributed by atoms with E-state index in [4.69, 9.17) is 0 Å². The second kappa shape index (κ2) is 5.86. The lowest BCUT2D eigenvalue weighted by atomic mass is 9.93. The van der Waals surface area contributed by atoms with Gasteiger partial charge in [-0.2, -0.15) is 0 Å². The third-order valence-electron chi connectivity index (χ3n) is 2.48. The third-order valence-corrected chi connectivity index (χ3v) is 4.76. The third kappa shape index (κ3) is 4.51. The first-order valence-electron chi connectivity index (χ1n) is 5.75. The molecule has 0 radical (unpaired) electrons. The molecule has 1 N–H and O–H groups in total. The number of nitrogens with one attached hydrogen (secondary N) is 1. The summed E-state index contributed by atoms with van der Waals surface area (Å²) in [6.07, 6.45) is 0. The quantitative estimate of drug-likeness (QED) is 0.802. The molecule has 0 aliphatic heterocycles. The Bertz CT molecular complexity index is 519. The van der Waals surface area contributed by atoms with Gasteiger partial charge in [-0.1, -0.05) is 19.1 Å². The molecular formula is C10H20BrN5O2S. The van der Waals surface area contributed by atoms with Gasteiger partial charge in [0.2, 0.25) is 5.03 Å². The molecule has 0 saturated carbocycles. The van der Waals surface area contributed by atoms with Crippen molar-refractivity contribution < 1.29 is 8.42 Å². The lowest BCUT2D eigenvalue weighted by Gasteiger charge is -2.28. The predicted octanol–water partition coefficient (Wildman–Crippen LogP) is 0.444. The van der Waals surface area contributed by atoms with E-state index >= 15 is 0 Å². The van der Waals surface area contributed by atoms with Gasteiger partial charge < -0.3 is 4.90 Å². The molecule has 0 amide bonds. The summed E-state index contributed by atoms with van der Waals surface area (Å²) in [6, 6.07) is 0. The number of rotatable bonds is 6. The van der Waals surface area contributed by atoms with Gasteiger partial charge in [-0.25, -0.2) is 17.8 Å². The summed E-state index contributed by atoms with van der Waals surface area (Å²) in [5, 5.41) is 7.38. The van der Waals surface area contributed by atoms with Crippen molar-refractivity contribution >= 4 is 26.0 Å². The van der Waals surface area contributed by atoms with Gasteiger partial charge in [0.05, 0.1) is 0 Å². The number of aromatic nitrogens is 3. The van der Waals surface area contributed by atoms with Gasteiger partial charge in [0.1, 0.15) is 0 Å². The molecule has 0 spiro atoms. The molecule has 9 heteroatoms. The molecule has 0 atom stereocenters. The fourth-order valence-corrected chi connectivity index (χ4v) is 4.21. The summed E-state index contributed by atoms with van der Waals surface area (Å²) < 4.78 is 28.5. The summed E-state index contributed by atoms with van der Waals surface area (Å²) in [6.45, 7) is 5.13. The number of sulfonamides is 1. The van der Waals surface area contributed by atoms with E-state index in [9.17, 15) is 8.42 Å². The van der Waals surface area contributed by atoms with E-state index in [1.807, 2.05) is 32.8 Å². The maximum absolute atomic E-state index is 12.2. The van der Waals surface area contributed by atoms with E-state index in [1.165, 1.54) is 11.7 Å². The van der Waals surface area contributed by atoms with Gasteiger partial charge in [-0.15, -0.1) is 5.10 Å². The number of hydrogen-bond acceptors (Lipinski definition) is 5. The molecule has 0 fully saturated rings. The molecule has 110 valence electrons. The molecule has 19 heavy (non-hydrogen) atoms. The van der Waals surface area contributed by atoms with Crippen LogP contribution >= 0.6 is 15.9 Å². The van der Waals surface area contributed by atoms with Crippen LogP contribution in [0.4, 0.5) is 0 Å². The minimum atomic E-state index is -3.62. The first-order valence-corrected chi connectivity index (χ1v) is 8.02. The zero-order valence-corrected chi connectivity index (χ0v) is 14.2. The number of aryl methyl sites for hydroxylation is 1. The van der Waals surface area contributed by atoms with Crippen LogP contribution < -0.4 is 4.72 Å². The molecule has 0 saturated heterocycles. The van der Waals surface area contributed by atoms with E-state index < -0.39 is 10.0 Å². The Hall–Kier alpha value is -0.510. The van der Waals surface area contributed by atoms with Gasteiger partial charge in [-0.3, -0.25) is 0 Å². The van der Waals surface area contributed by atoms with Gasteiger partial charge in [0.15, 0.2) is 4.60 Å². The van der Waals surface area contributed by atoms with Crippen molar-refractivity contribution in [3.63, 3.8) is 0 Å². The molecule has 1 rings (SSSR count). The number of halogens is 1. The molecular weight excluding hydrogens is 334 g/mol. The Kier molecular flexibility index (Phi) is 5.10. The fourth-order valence-electron chi connectivity index (χ4n) is 1.88. The summed E-state index contributed by atoms with van der Waals surface area (Å²) in [5.41, 5.74) is -0.172. The zero-order valence-electron chi connectivity index (χ0n) is 11.8. The molecule has 0 bridgehead atoms. The topological polar surface area (TPSA) is 80.1 Å². The monoisotopic (exact) mass is 353 g/mol. The van der Waals surface area contributed by atoms with E-state index in [1.54, 1.807) is 0 Å². The molecule has 7 nitrogen and oxygen atoms in total. The van der Waals surface area contributed by atoms with Crippen LogP contribution in [0.2, 0.25) is 0 Å². The van der Waals surface area contributed by atoms with Crippen LogP contribution in [0.15, 0.2) is 9.63 Å². The smallest absolute Gasteiger partial charge is 0.260 e.